The third-order valence-electron chi connectivity index (χ3n) is 4.66. The van der Waals surface area contributed by atoms with Gasteiger partial charge in [0.25, 0.3) is 0 Å². The molecule has 2 rings (SSSR count). The second-order valence-corrected chi connectivity index (χ2v) is 9.29. The molecule has 0 unspecified atom stereocenters. The highest BCUT2D eigenvalue weighted by molar-refractivity contribution is 7.89. The first-order valence-electron chi connectivity index (χ1n) is 10.2. The third kappa shape index (κ3) is 7.56. The number of aliphatic imine (C=N–C) groups is 1. The number of benzene rings is 1. The minimum Gasteiger partial charge on any atom is -0.378 e. The van der Waals surface area contributed by atoms with Crippen molar-refractivity contribution in [2.45, 2.75) is 33.3 Å². The molecule has 0 atom stereocenters. The number of nitrogens with zero attached hydrogens (tertiary/aromatic N) is 3. The maximum Gasteiger partial charge on any atom is 0.216 e. The molecule has 1 aliphatic heterocycles. The Labute approximate surface area is 174 Å². The van der Waals surface area contributed by atoms with Gasteiger partial charge in [-0.05, 0) is 38.8 Å². The first-order valence-corrected chi connectivity index (χ1v) is 11.8. The van der Waals surface area contributed by atoms with E-state index in [4.69, 9.17) is 4.74 Å². The summed E-state index contributed by atoms with van der Waals surface area (Å²) in [5, 5.41) is 3.25. The molecule has 0 spiro atoms. The van der Waals surface area contributed by atoms with E-state index in [9.17, 15) is 12.8 Å². The fraction of sp³-hybridized carbons (Fsp3) is 0.650. The quantitative estimate of drug-likeness (QED) is 0.479. The van der Waals surface area contributed by atoms with E-state index in [1.165, 1.54) is 10.4 Å². The molecule has 0 radical (unpaired) electrons. The molecule has 0 saturated carbocycles. The fourth-order valence-electron chi connectivity index (χ4n) is 3.11. The van der Waals surface area contributed by atoms with E-state index in [1.54, 1.807) is 12.1 Å². The van der Waals surface area contributed by atoms with Crippen molar-refractivity contribution >= 4 is 16.0 Å². The number of hydrogen-bond donors (Lipinski definition) is 1. The van der Waals surface area contributed by atoms with E-state index in [1.807, 2.05) is 26.8 Å². The van der Waals surface area contributed by atoms with Crippen LogP contribution in [0, 0.1) is 5.82 Å². The van der Waals surface area contributed by atoms with Crippen LogP contribution in [-0.2, 0) is 21.2 Å². The lowest BCUT2D eigenvalue weighted by Crippen LogP contribution is -2.54. The Morgan fingerprint density at radius 1 is 1.24 bits per heavy atom. The van der Waals surface area contributed by atoms with Gasteiger partial charge in [-0.1, -0.05) is 18.2 Å². The Bertz CT molecular complexity index is 763. The van der Waals surface area contributed by atoms with Crippen LogP contribution in [0.25, 0.3) is 0 Å². The molecule has 7 nitrogen and oxygen atoms in total. The summed E-state index contributed by atoms with van der Waals surface area (Å²) in [5.74, 6) is 0.527. The van der Waals surface area contributed by atoms with Crippen LogP contribution in [0.15, 0.2) is 29.3 Å². The molecule has 9 heteroatoms. The molecule has 1 saturated heterocycles. The molecule has 0 aliphatic carbocycles. The topological polar surface area (TPSA) is 74.2 Å². The molecule has 0 bridgehead atoms. The van der Waals surface area contributed by atoms with Gasteiger partial charge in [0.2, 0.25) is 10.0 Å². The largest absolute Gasteiger partial charge is 0.378 e. The summed E-state index contributed by atoms with van der Waals surface area (Å²) in [5.41, 5.74) is 0.645. The first-order chi connectivity index (χ1) is 13.8. The maximum atomic E-state index is 13.8. The van der Waals surface area contributed by atoms with Gasteiger partial charge in [-0.3, -0.25) is 4.99 Å². The van der Waals surface area contributed by atoms with Crippen LogP contribution in [-0.4, -0.2) is 81.3 Å². The van der Waals surface area contributed by atoms with Crippen LogP contribution < -0.4 is 5.32 Å². The predicted molar refractivity (Wildman–Crippen MR) is 114 cm³/mol. The van der Waals surface area contributed by atoms with Gasteiger partial charge >= 0.3 is 0 Å². The van der Waals surface area contributed by atoms with E-state index < -0.39 is 10.0 Å². The summed E-state index contributed by atoms with van der Waals surface area (Å²) in [7, 11) is -3.32. The van der Waals surface area contributed by atoms with E-state index in [-0.39, 0.29) is 24.3 Å². The highest BCUT2D eigenvalue weighted by atomic mass is 32.2. The second kappa shape index (κ2) is 11.5. The van der Waals surface area contributed by atoms with Crippen molar-refractivity contribution in [3.63, 3.8) is 0 Å². The average molecular weight is 429 g/mol. The standard InChI is InChI=1S/C20H33FN4O3S/c1-4-22-20(23-10-9-18-7-5-6-8-19(18)21)24-11-13-25(14-12-24)29(26,27)16-15-28-17(2)3/h5-8,17H,4,9-16H2,1-3H3,(H,22,23). The molecule has 1 aliphatic rings. The number of halogens is 1. The normalized spacial score (nSPS) is 16.4. The number of ether oxygens (including phenoxy) is 1. The minimum absolute atomic E-state index is 0.00196. The number of rotatable bonds is 9. The number of sulfonamides is 1. The van der Waals surface area contributed by atoms with Gasteiger partial charge in [0.1, 0.15) is 5.82 Å². The Balaban J connectivity index is 1.89. The predicted octanol–water partition coefficient (Wildman–Crippen LogP) is 1.71. The summed E-state index contributed by atoms with van der Waals surface area (Å²) >= 11 is 0. The van der Waals surface area contributed by atoms with Crippen molar-refractivity contribution in [3.05, 3.63) is 35.6 Å². The Hall–Kier alpha value is -1.71. The molecular weight excluding hydrogens is 395 g/mol. The molecule has 0 amide bonds. The lowest BCUT2D eigenvalue weighted by atomic mass is 10.1. The Kier molecular flexibility index (Phi) is 9.32. The van der Waals surface area contributed by atoms with E-state index in [0.29, 0.717) is 51.3 Å². The van der Waals surface area contributed by atoms with Crippen molar-refractivity contribution in [2.24, 2.45) is 4.99 Å². The molecule has 29 heavy (non-hydrogen) atoms. The molecule has 1 heterocycles. The van der Waals surface area contributed by atoms with Gasteiger partial charge < -0.3 is 15.0 Å². The third-order valence-corrected chi connectivity index (χ3v) is 6.49. The van der Waals surface area contributed by atoms with Gasteiger partial charge in [-0.15, -0.1) is 0 Å². The Morgan fingerprint density at radius 2 is 1.93 bits per heavy atom. The summed E-state index contributed by atoms with van der Waals surface area (Å²) in [6, 6.07) is 6.72. The highest BCUT2D eigenvalue weighted by Gasteiger charge is 2.28. The zero-order valence-corrected chi connectivity index (χ0v) is 18.4. The molecule has 0 aromatic heterocycles. The second-order valence-electron chi connectivity index (χ2n) is 7.20. The highest BCUT2D eigenvalue weighted by Crippen LogP contribution is 2.10. The van der Waals surface area contributed by atoms with Crippen molar-refractivity contribution < 1.29 is 17.5 Å². The first kappa shape index (κ1) is 23.6. The molecule has 1 aromatic carbocycles. The number of hydrogen-bond acceptors (Lipinski definition) is 4. The van der Waals surface area contributed by atoms with Crippen molar-refractivity contribution in [1.82, 2.24) is 14.5 Å². The zero-order valence-electron chi connectivity index (χ0n) is 17.6. The van der Waals surface area contributed by atoms with Gasteiger partial charge in [0, 0.05) is 39.3 Å². The number of nitrogens with one attached hydrogen (secondary N) is 1. The van der Waals surface area contributed by atoms with Crippen LogP contribution in [0.2, 0.25) is 0 Å². The lowest BCUT2D eigenvalue weighted by molar-refractivity contribution is 0.0904. The van der Waals surface area contributed by atoms with Crippen LogP contribution in [0.3, 0.4) is 0 Å². The van der Waals surface area contributed by atoms with Gasteiger partial charge in [-0.2, -0.15) is 4.31 Å². The zero-order chi connectivity index (χ0) is 21.3. The molecule has 1 aromatic rings. The van der Waals surface area contributed by atoms with Gasteiger partial charge in [0.05, 0.1) is 18.5 Å². The number of piperazine rings is 1. The molecular formula is C20H33FN4O3S. The lowest BCUT2D eigenvalue weighted by Gasteiger charge is -2.36. The van der Waals surface area contributed by atoms with Gasteiger partial charge in [0.15, 0.2) is 5.96 Å². The SMILES string of the molecule is CCNC(=NCCc1ccccc1F)N1CCN(S(=O)(=O)CCOC(C)C)CC1. The van der Waals surface area contributed by atoms with Gasteiger partial charge in [-0.25, -0.2) is 12.8 Å². The van der Waals surface area contributed by atoms with Crippen molar-refractivity contribution in [1.29, 1.82) is 0 Å². The smallest absolute Gasteiger partial charge is 0.216 e. The van der Waals surface area contributed by atoms with Crippen LogP contribution >= 0.6 is 0 Å². The maximum absolute atomic E-state index is 13.8. The molecule has 1 fully saturated rings. The summed E-state index contributed by atoms with van der Waals surface area (Å²) in [6.45, 7) is 9.12. The fourth-order valence-corrected chi connectivity index (χ4v) is 4.39. The summed E-state index contributed by atoms with van der Waals surface area (Å²) in [6.07, 6.45) is 0.538. The van der Waals surface area contributed by atoms with E-state index in [2.05, 4.69) is 15.2 Å². The van der Waals surface area contributed by atoms with Crippen molar-refractivity contribution in [2.75, 3.05) is 51.6 Å². The number of guanidine groups is 1. The molecule has 164 valence electrons. The van der Waals surface area contributed by atoms with Crippen LogP contribution in [0.1, 0.15) is 26.3 Å². The van der Waals surface area contributed by atoms with E-state index >= 15 is 0 Å². The summed E-state index contributed by atoms with van der Waals surface area (Å²) in [4.78, 5) is 6.66. The minimum atomic E-state index is -3.32. The van der Waals surface area contributed by atoms with Crippen molar-refractivity contribution in [3.8, 4) is 0 Å². The summed E-state index contributed by atoms with van der Waals surface area (Å²) < 4.78 is 45.6. The molecule has 1 N–H and O–H groups in total. The van der Waals surface area contributed by atoms with Crippen LogP contribution in [0.4, 0.5) is 4.39 Å². The average Bonchev–Trinajstić information content (AvgIpc) is 2.68. The monoisotopic (exact) mass is 428 g/mol. The Morgan fingerprint density at radius 3 is 2.55 bits per heavy atom. The van der Waals surface area contributed by atoms with E-state index in [0.717, 1.165) is 5.96 Å². The van der Waals surface area contributed by atoms with Crippen LogP contribution in [0.5, 0.6) is 0 Å².